The average molecular weight is 843 g/mol. The molecule has 0 saturated heterocycles. The number of fused-ring (bicyclic) bond motifs is 1. The molecule has 0 aliphatic carbocycles. The second kappa shape index (κ2) is 11.2. The molecule has 0 fully saturated rings. The molecule has 0 aliphatic rings. The second-order valence-corrected chi connectivity index (χ2v) is 12.0. The third kappa shape index (κ3) is 6.07. The van der Waals surface area contributed by atoms with Gasteiger partial charge < -0.3 is 14.6 Å². The van der Waals surface area contributed by atoms with Crippen LogP contribution in [0.25, 0.3) is 22.6 Å². The summed E-state index contributed by atoms with van der Waals surface area (Å²) in [4.78, 5) is 13.6. The molecule has 37 heavy (non-hydrogen) atoms. The maximum absolute atomic E-state index is 10.3. The number of phenols is 2. The number of aliphatic imine (C=N–C) groups is 2. The fourth-order valence-corrected chi connectivity index (χ4v) is 6.57. The van der Waals surface area contributed by atoms with Gasteiger partial charge in [-0.15, -0.1) is 0 Å². The van der Waals surface area contributed by atoms with E-state index >= 15 is 0 Å². The molecular formula is C27H15Br2I2N3O3. The molecule has 0 amide bonds. The highest BCUT2D eigenvalue weighted by Gasteiger charge is 2.10. The molecule has 184 valence electrons. The zero-order valence-electron chi connectivity index (χ0n) is 18.7. The number of hydrogen-bond donors (Lipinski definition) is 2. The van der Waals surface area contributed by atoms with Crippen molar-refractivity contribution in [3.63, 3.8) is 0 Å². The fourth-order valence-electron chi connectivity index (χ4n) is 3.47. The summed E-state index contributed by atoms with van der Waals surface area (Å²) in [6, 6.07) is 20.3. The van der Waals surface area contributed by atoms with Gasteiger partial charge >= 0.3 is 0 Å². The first-order valence-electron chi connectivity index (χ1n) is 10.7. The van der Waals surface area contributed by atoms with E-state index in [1.165, 1.54) is 0 Å². The summed E-state index contributed by atoms with van der Waals surface area (Å²) in [5.41, 5.74) is 4.81. The van der Waals surface area contributed by atoms with E-state index in [4.69, 9.17) is 4.42 Å². The van der Waals surface area contributed by atoms with Crippen molar-refractivity contribution in [2.45, 2.75) is 0 Å². The number of nitrogens with zero attached hydrogens (tertiary/aromatic N) is 3. The molecule has 0 bridgehead atoms. The number of halogens is 4. The topological polar surface area (TPSA) is 91.2 Å². The second-order valence-electron chi connectivity index (χ2n) is 7.89. The Balaban J connectivity index is 1.36. The van der Waals surface area contributed by atoms with Gasteiger partial charge in [-0.05, 0) is 112 Å². The number of phenolic OH excluding ortho intramolecular Hbond substituents is 2. The lowest BCUT2D eigenvalue weighted by atomic mass is 10.2. The average Bonchev–Trinajstić information content (AvgIpc) is 3.30. The maximum atomic E-state index is 10.3. The molecule has 0 aliphatic heterocycles. The van der Waals surface area contributed by atoms with Crippen LogP contribution >= 0.6 is 77.0 Å². The van der Waals surface area contributed by atoms with Gasteiger partial charge in [-0.3, -0.25) is 9.98 Å². The highest BCUT2D eigenvalue weighted by Crippen LogP contribution is 2.31. The van der Waals surface area contributed by atoms with Gasteiger partial charge in [0.1, 0.15) is 17.0 Å². The minimum Gasteiger partial charge on any atom is -0.506 e. The third-order valence-corrected chi connectivity index (χ3v) is 7.87. The Morgan fingerprint density at radius 2 is 1.27 bits per heavy atom. The van der Waals surface area contributed by atoms with Gasteiger partial charge in [0.05, 0.1) is 18.5 Å². The number of oxazole rings is 1. The van der Waals surface area contributed by atoms with Gasteiger partial charge in [0, 0.05) is 38.1 Å². The summed E-state index contributed by atoms with van der Waals surface area (Å²) < 4.78 is 9.17. The van der Waals surface area contributed by atoms with E-state index in [2.05, 4.69) is 92.0 Å². The maximum Gasteiger partial charge on any atom is 0.227 e. The number of aromatic hydroxyl groups is 2. The predicted octanol–water partition coefficient (Wildman–Crippen LogP) is 9.14. The monoisotopic (exact) mass is 841 g/mol. The van der Waals surface area contributed by atoms with Crippen LogP contribution in [0.5, 0.6) is 11.5 Å². The van der Waals surface area contributed by atoms with E-state index in [1.807, 2.05) is 66.7 Å². The molecule has 1 aromatic heterocycles. The van der Waals surface area contributed by atoms with Crippen LogP contribution in [0.1, 0.15) is 11.1 Å². The number of hydrogen-bond acceptors (Lipinski definition) is 6. The highest BCUT2D eigenvalue weighted by molar-refractivity contribution is 14.1. The summed E-state index contributed by atoms with van der Waals surface area (Å²) in [5.74, 6) is 0.876. The van der Waals surface area contributed by atoms with Crippen molar-refractivity contribution in [1.82, 2.24) is 4.98 Å². The number of benzene rings is 4. The molecule has 1 heterocycles. The first-order valence-corrected chi connectivity index (χ1v) is 14.5. The van der Waals surface area contributed by atoms with E-state index in [9.17, 15) is 10.2 Å². The van der Waals surface area contributed by atoms with Crippen molar-refractivity contribution in [3.8, 4) is 23.0 Å². The lowest BCUT2D eigenvalue weighted by Gasteiger charge is -2.03. The fraction of sp³-hybridized carbons (Fsp3) is 0. The smallest absolute Gasteiger partial charge is 0.227 e. The zero-order valence-corrected chi connectivity index (χ0v) is 26.1. The van der Waals surface area contributed by atoms with Crippen molar-refractivity contribution >= 4 is 112 Å². The van der Waals surface area contributed by atoms with Gasteiger partial charge in [-0.2, -0.15) is 0 Å². The van der Waals surface area contributed by atoms with Crippen LogP contribution in [0.2, 0.25) is 0 Å². The highest BCUT2D eigenvalue weighted by atomic mass is 127. The third-order valence-electron chi connectivity index (χ3n) is 5.31. The molecule has 5 rings (SSSR count). The Morgan fingerprint density at radius 1 is 0.730 bits per heavy atom. The summed E-state index contributed by atoms with van der Waals surface area (Å²) in [5, 5.41) is 20.5. The van der Waals surface area contributed by atoms with Crippen LogP contribution in [0.4, 0.5) is 11.4 Å². The quantitative estimate of drug-likeness (QED) is 0.137. The normalized spacial score (nSPS) is 11.8. The summed E-state index contributed by atoms with van der Waals surface area (Å²) in [7, 11) is 0. The molecule has 6 nitrogen and oxygen atoms in total. The van der Waals surface area contributed by atoms with Crippen LogP contribution in [0, 0.1) is 7.14 Å². The lowest BCUT2D eigenvalue weighted by Crippen LogP contribution is -1.86. The molecule has 0 atom stereocenters. The molecular weight excluding hydrogens is 828 g/mol. The van der Waals surface area contributed by atoms with Crippen LogP contribution in [0.3, 0.4) is 0 Å². The molecule has 0 saturated carbocycles. The Morgan fingerprint density at radius 3 is 1.86 bits per heavy atom. The van der Waals surface area contributed by atoms with Gasteiger partial charge in [0.15, 0.2) is 5.58 Å². The number of aromatic nitrogens is 1. The van der Waals surface area contributed by atoms with E-state index < -0.39 is 0 Å². The van der Waals surface area contributed by atoms with Gasteiger partial charge in [-0.25, -0.2) is 4.98 Å². The molecule has 10 heteroatoms. The Hall–Kier alpha value is -2.29. The summed E-state index contributed by atoms with van der Waals surface area (Å²) in [6.07, 6.45) is 3.26. The van der Waals surface area contributed by atoms with E-state index in [0.29, 0.717) is 33.8 Å². The Kier molecular flexibility index (Phi) is 7.98. The molecule has 0 spiro atoms. The van der Waals surface area contributed by atoms with Gasteiger partial charge in [-0.1, -0.05) is 31.9 Å². The standard InChI is InChI=1S/C27H15Br2I2N3O3/c28-17-7-15(25(35)21(30)9-17)12-32-19-3-1-14(2-4-19)27-34-23-11-20(5-6-24(23)37-27)33-13-16-8-18(29)10-22(31)26(16)36/h1-13,35-36H. The van der Waals surface area contributed by atoms with Crippen LogP contribution in [0.15, 0.2) is 90.1 Å². The van der Waals surface area contributed by atoms with Crippen molar-refractivity contribution in [3.05, 3.63) is 93.9 Å². The van der Waals surface area contributed by atoms with E-state index in [-0.39, 0.29) is 11.5 Å². The van der Waals surface area contributed by atoms with E-state index in [1.54, 1.807) is 12.4 Å². The first kappa shape index (κ1) is 26.3. The largest absolute Gasteiger partial charge is 0.506 e. The lowest BCUT2D eigenvalue weighted by molar-refractivity contribution is 0.470. The van der Waals surface area contributed by atoms with Gasteiger partial charge in [0.2, 0.25) is 5.89 Å². The Bertz CT molecular complexity index is 1700. The number of rotatable bonds is 5. The Labute approximate surface area is 256 Å². The summed E-state index contributed by atoms with van der Waals surface area (Å²) >= 11 is 11.0. The zero-order chi connectivity index (χ0) is 26.1. The van der Waals surface area contributed by atoms with Crippen molar-refractivity contribution in [1.29, 1.82) is 0 Å². The first-order chi connectivity index (χ1) is 17.8. The minimum atomic E-state index is 0.188. The minimum absolute atomic E-state index is 0.188. The molecule has 4 aromatic carbocycles. The predicted molar refractivity (Wildman–Crippen MR) is 171 cm³/mol. The van der Waals surface area contributed by atoms with Crippen molar-refractivity contribution < 1.29 is 14.6 Å². The molecule has 0 unspecified atom stereocenters. The van der Waals surface area contributed by atoms with Crippen LogP contribution in [-0.2, 0) is 0 Å². The van der Waals surface area contributed by atoms with Crippen LogP contribution < -0.4 is 0 Å². The van der Waals surface area contributed by atoms with Crippen molar-refractivity contribution in [2.24, 2.45) is 9.98 Å². The van der Waals surface area contributed by atoms with E-state index in [0.717, 1.165) is 27.3 Å². The SMILES string of the molecule is Oc1c(I)cc(Br)cc1C=Nc1ccc(-c2nc3cc(N=Cc4cc(Br)cc(I)c4O)ccc3o2)cc1. The summed E-state index contributed by atoms with van der Waals surface area (Å²) in [6.45, 7) is 0. The molecule has 2 N–H and O–H groups in total. The molecule has 0 radical (unpaired) electrons. The molecule has 5 aromatic rings. The van der Waals surface area contributed by atoms with Crippen LogP contribution in [-0.4, -0.2) is 27.6 Å². The van der Waals surface area contributed by atoms with Crippen molar-refractivity contribution in [2.75, 3.05) is 0 Å². The van der Waals surface area contributed by atoms with Gasteiger partial charge in [0.25, 0.3) is 0 Å².